The minimum Gasteiger partial charge on any atom is -0.338 e. The summed E-state index contributed by atoms with van der Waals surface area (Å²) in [6, 6.07) is 23.9. The zero-order chi connectivity index (χ0) is 18.2. The monoisotopic (exact) mass is 408 g/mol. The van der Waals surface area contributed by atoms with Crippen molar-refractivity contribution in [3.05, 3.63) is 100 Å². The van der Waals surface area contributed by atoms with Gasteiger partial charge < -0.3 is 4.90 Å². The lowest BCUT2D eigenvalue weighted by Crippen LogP contribution is -2.33. The van der Waals surface area contributed by atoms with Crippen molar-refractivity contribution in [3.8, 4) is 0 Å². The van der Waals surface area contributed by atoms with Crippen molar-refractivity contribution in [1.29, 1.82) is 0 Å². The Labute approximate surface area is 162 Å². The number of rotatable bonds is 7. The topological polar surface area (TPSA) is 33.2 Å². The zero-order valence-corrected chi connectivity index (χ0v) is 16.1. The third kappa shape index (κ3) is 5.53. The van der Waals surface area contributed by atoms with Gasteiger partial charge in [-0.25, -0.2) is 0 Å². The van der Waals surface area contributed by atoms with E-state index in [9.17, 15) is 4.79 Å². The molecule has 0 unspecified atom stereocenters. The molecule has 3 rings (SSSR count). The van der Waals surface area contributed by atoms with Crippen LogP contribution < -0.4 is 0 Å². The van der Waals surface area contributed by atoms with Crippen LogP contribution in [-0.4, -0.2) is 22.3 Å². The smallest absolute Gasteiger partial charge is 0.227 e. The number of halogens is 1. The van der Waals surface area contributed by atoms with E-state index in [0.29, 0.717) is 19.5 Å². The minimum absolute atomic E-state index is 0.132. The van der Waals surface area contributed by atoms with E-state index in [-0.39, 0.29) is 5.91 Å². The first kappa shape index (κ1) is 18.3. The Bertz CT molecular complexity index is 820. The van der Waals surface area contributed by atoms with Gasteiger partial charge in [-0.3, -0.25) is 9.78 Å². The van der Waals surface area contributed by atoms with Crippen molar-refractivity contribution in [3.63, 3.8) is 0 Å². The summed E-state index contributed by atoms with van der Waals surface area (Å²) in [6.07, 6.45) is 2.95. The third-order valence-electron chi connectivity index (χ3n) is 4.20. The van der Waals surface area contributed by atoms with Crippen LogP contribution in [0.4, 0.5) is 0 Å². The number of hydrogen-bond donors (Lipinski definition) is 0. The molecule has 0 spiro atoms. The highest BCUT2D eigenvalue weighted by Crippen LogP contribution is 2.13. The zero-order valence-electron chi connectivity index (χ0n) is 14.5. The van der Waals surface area contributed by atoms with Gasteiger partial charge in [0.1, 0.15) is 0 Å². The summed E-state index contributed by atoms with van der Waals surface area (Å²) in [5.74, 6) is 0.132. The van der Waals surface area contributed by atoms with Gasteiger partial charge in [0.2, 0.25) is 5.91 Å². The fraction of sp³-hybridized carbons (Fsp3) is 0.182. The Morgan fingerprint density at radius 2 is 1.62 bits per heavy atom. The Morgan fingerprint density at radius 3 is 2.31 bits per heavy atom. The van der Waals surface area contributed by atoms with E-state index in [1.165, 1.54) is 0 Å². The molecule has 4 heteroatoms. The molecule has 26 heavy (non-hydrogen) atoms. The van der Waals surface area contributed by atoms with Crippen LogP contribution in [0.5, 0.6) is 0 Å². The first-order valence-electron chi connectivity index (χ1n) is 8.67. The number of carbonyl (C=O) groups excluding carboxylic acids is 1. The number of benzene rings is 2. The van der Waals surface area contributed by atoms with E-state index >= 15 is 0 Å². The standard InChI is InChI=1S/C22H21BrN2O/c23-20-11-9-18(10-12-20)16-22(26)25(17-19-6-2-1-3-7-19)15-13-21-8-4-5-14-24-21/h1-12,14H,13,15-17H2. The molecule has 1 amide bonds. The molecule has 0 radical (unpaired) electrons. The number of carbonyl (C=O) groups is 1. The molecule has 0 fully saturated rings. The van der Waals surface area contributed by atoms with E-state index < -0.39 is 0 Å². The van der Waals surface area contributed by atoms with Crippen LogP contribution in [0, 0.1) is 0 Å². The SMILES string of the molecule is O=C(Cc1ccc(Br)cc1)N(CCc1ccccn1)Cc1ccccc1. The normalized spacial score (nSPS) is 10.5. The van der Waals surface area contributed by atoms with Gasteiger partial charge in [-0.15, -0.1) is 0 Å². The van der Waals surface area contributed by atoms with Gasteiger partial charge >= 0.3 is 0 Å². The summed E-state index contributed by atoms with van der Waals surface area (Å²) in [6.45, 7) is 1.27. The Kier molecular flexibility index (Phi) is 6.56. The molecule has 0 bridgehead atoms. The van der Waals surface area contributed by atoms with E-state index in [0.717, 1.165) is 27.7 Å². The van der Waals surface area contributed by atoms with E-state index in [4.69, 9.17) is 0 Å². The molecule has 0 saturated carbocycles. The number of aromatic nitrogens is 1. The van der Waals surface area contributed by atoms with Gasteiger partial charge in [-0.1, -0.05) is 64.5 Å². The van der Waals surface area contributed by atoms with Crippen LogP contribution in [0.2, 0.25) is 0 Å². The molecule has 3 nitrogen and oxygen atoms in total. The Morgan fingerprint density at radius 1 is 0.885 bits per heavy atom. The Hall–Kier alpha value is -2.46. The molecule has 0 aliphatic carbocycles. The summed E-state index contributed by atoms with van der Waals surface area (Å²) in [5, 5.41) is 0. The number of amides is 1. The molecular formula is C22H21BrN2O. The molecular weight excluding hydrogens is 388 g/mol. The summed E-state index contributed by atoms with van der Waals surface area (Å²) in [4.78, 5) is 19.2. The second-order valence-corrected chi connectivity index (χ2v) is 7.09. The lowest BCUT2D eigenvalue weighted by atomic mass is 10.1. The molecule has 0 aliphatic heterocycles. The van der Waals surface area contributed by atoms with Gasteiger partial charge in [-0.05, 0) is 35.4 Å². The highest BCUT2D eigenvalue weighted by Gasteiger charge is 2.15. The summed E-state index contributed by atoms with van der Waals surface area (Å²) in [7, 11) is 0. The van der Waals surface area contributed by atoms with Crippen LogP contribution >= 0.6 is 15.9 Å². The fourth-order valence-corrected chi connectivity index (χ4v) is 3.04. The van der Waals surface area contributed by atoms with E-state index in [2.05, 4.69) is 33.0 Å². The van der Waals surface area contributed by atoms with Crippen LogP contribution in [-0.2, 0) is 24.2 Å². The first-order chi connectivity index (χ1) is 12.7. The molecule has 1 aromatic heterocycles. The molecule has 132 valence electrons. The summed E-state index contributed by atoms with van der Waals surface area (Å²) < 4.78 is 1.02. The lowest BCUT2D eigenvalue weighted by molar-refractivity contribution is -0.131. The second kappa shape index (κ2) is 9.30. The largest absolute Gasteiger partial charge is 0.338 e. The van der Waals surface area contributed by atoms with Gasteiger partial charge in [-0.2, -0.15) is 0 Å². The predicted octanol–water partition coefficient (Wildman–Crippen LogP) is 4.66. The van der Waals surface area contributed by atoms with Crippen molar-refractivity contribution in [2.24, 2.45) is 0 Å². The second-order valence-electron chi connectivity index (χ2n) is 6.18. The summed E-state index contributed by atoms with van der Waals surface area (Å²) in [5.41, 5.74) is 3.16. The predicted molar refractivity (Wildman–Crippen MR) is 108 cm³/mol. The molecule has 3 aromatic rings. The number of nitrogens with zero attached hydrogens (tertiary/aromatic N) is 2. The average Bonchev–Trinajstić information content (AvgIpc) is 2.68. The van der Waals surface area contributed by atoms with E-state index in [1.54, 1.807) is 6.20 Å². The maximum absolute atomic E-state index is 12.9. The molecule has 1 heterocycles. The van der Waals surface area contributed by atoms with Crippen LogP contribution in [0.25, 0.3) is 0 Å². The maximum Gasteiger partial charge on any atom is 0.227 e. The number of pyridine rings is 1. The highest BCUT2D eigenvalue weighted by molar-refractivity contribution is 9.10. The maximum atomic E-state index is 12.9. The van der Waals surface area contributed by atoms with Gasteiger partial charge in [0.25, 0.3) is 0 Å². The molecule has 0 atom stereocenters. The van der Waals surface area contributed by atoms with Crippen molar-refractivity contribution < 1.29 is 4.79 Å². The molecule has 0 N–H and O–H groups in total. The van der Waals surface area contributed by atoms with Crippen molar-refractivity contribution >= 4 is 21.8 Å². The van der Waals surface area contributed by atoms with E-state index in [1.807, 2.05) is 65.6 Å². The van der Waals surface area contributed by atoms with Crippen LogP contribution in [0.3, 0.4) is 0 Å². The van der Waals surface area contributed by atoms with Gasteiger partial charge in [0, 0.05) is 35.9 Å². The van der Waals surface area contributed by atoms with Gasteiger partial charge in [0.05, 0.1) is 6.42 Å². The van der Waals surface area contributed by atoms with Gasteiger partial charge in [0.15, 0.2) is 0 Å². The van der Waals surface area contributed by atoms with Crippen molar-refractivity contribution in [2.75, 3.05) is 6.54 Å². The third-order valence-corrected chi connectivity index (χ3v) is 4.73. The molecule has 0 aliphatic rings. The quantitative estimate of drug-likeness (QED) is 0.569. The lowest BCUT2D eigenvalue weighted by Gasteiger charge is -2.23. The van der Waals surface area contributed by atoms with Crippen LogP contribution in [0.15, 0.2) is 83.5 Å². The molecule has 0 saturated heterocycles. The Balaban J connectivity index is 1.70. The minimum atomic E-state index is 0.132. The van der Waals surface area contributed by atoms with Crippen molar-refractivity contribution in [1.82, 2.24) is 9.88 Å². The molecule has 2 aromatic carbocycles. The highest BCUT2D eigenvalue weighted by atomic mass is 79.9. The first-order valence-corrected chi connectivity index (χ1v) is 9.46. The average molecular weight is 409 g/mol. The van der Waals surface area contributed by atoms with Crippen molar-refractivity contribution in [2.45, 2.75) is 19.4 Å². The summed E-state index contributed by atoms with van der Waals surface area (Å²) >= 11 is 3.43. The fourth-order valence-electron chi connectivity index (χ4n) is 2.78. The van der Waals surface area contributed by atoms with Crippen LogP contribution in [0.1, 0.15) is 16.8 Å². The number of hydrogen-bond acceptors (Lipinski definition) is 2.